The zero-order valence-electron chi connectivity index (χ0n) is 16.2. The molecule has 1 fully saturated rings. The lowest BCUT2D eigenvalue weighted by atomic mass is 10.2. The van der Waals surface area contributed by atoms with Gasteiger partial charge in [0.05, 0.1) is 25.0 Å². The lowest BCUT2D eigenvalue weighted by Gasteiger charge is -2.24. The van der Waals surface area contributed by atoms with E-state index in [1.807, 2.05) is 42.5 Å². The summed E-state index contributed by atoms with van der Waals surface area (Å²) in [7, 11) is 0. The van der Waals surface area contributed by atoms with Gasteiger partial charge in [-0.05, 0) is 30.2 Å². The number of pyridine rings is 1. The number of rotatable bonds is 7. The van der Waals surface area contributed by atoms with Crippen molar-refractivity contribution in [2.45, 2.75) is 32.0 Å². The number of aromatic nitrogens is 4. The molecule has 2 amide bonds. The second-order valence-electron chi connectivity index (χ2n) is 7.20. The van der Waals surface area contributed by atoms with Crippen LogP contribution in [0.5, 0.6) is 0 Å². The number of hydrogen-bond acceptors (Lipinski definition) is 5. The van der Waals surface area contributed by atoms with Gasteiger partial charge in [-0.2, -0.15) is 0 Å². The molecule has 9 heteroatoms. The first-order valence-electron chi connectivity index (χ1n) is 9.70. The van der Waals surface area contributed by atoms with Crippen LogP contribution in [0.4, 0.5) is 0 Å². The van der Waals surface area contributed by atoms with E-state index >= 15 is 0 Å². The molecule has 1 aromatic carbocycles. The number of amides is 2. The van der Waals surface area contributed by atoms with E-state index in [-0.39, 0.29) is 23.6 Å². The lowest BCUT2D eigenvalue weighted by Crippen LogP contribution is -2.41. The van der Waals surface area contributed by atoms with Crippen LogP contribution in [0.25, 0.3) is 0 Å². The lowest BCUT2D eigenvalue weighted by molar-refractivity contribution is -0.119. The Balaban J connectivity index is 1.51. The van der Waals surface area contributed by atoms with Gasteiger partial charge >= 0.3 is 0 Å². The Hall–Kier alpha value is -3.26. The summed E-state index contributed by atoms with van der Waals surface area (Å²) in [6, 6.07) is 13.0. The van der Waals surface area contributed by atoms with Gasteiger partial charge in [0.1, 0.15) is 0 Å². The van der Waals surface area contributed by atoms with Crippen LogP contribution in [0.15, 0.2) is 54.9 Å². The van der Waals surface area contributed by atoms with Gasteiger partial charge in [-0.3, -0.25) is 14.6 Å². The molecule has 0 radical (unpaired) electrons. The predicted molar refractivity (Wildman–Crippen MR) is 111 cm³/mol. The number of carbonyl (C=O) groups excluding carboxylic acids is 2. The zero-order chi connectivity index (χ0) is 20.9. The fourth-order valence-corrected chi connectivity index (χ4v) is 3.62. The van der Waals surface area contributed by atoms with Crippen molar-refractivity contribution >= 4 is 23.4 Å². The van der Waals surface area contributed by atoms with Gasteiger partial charge in [-0.25, -0.2) is 4.68 Å². The first-order chi connectivity index (χ1) is 14.6. The molecule has 1 aliphatic heterocycles. The van der Waals surface area contributed by atoms with Crippen LogP contribution < -0.4 is 5.32 Å². The average Bonchev–Trinajstić information content (AvgIpc) is 3.38. The second-order valence-corrected chi connectivity index (χ2v) is 7.61. The van der Waals surface area contributed by atoms with Crippen molar-refractivity contribution in [2.24, 2.45) is 0 Å². The third-order valence-corrected chi connectivity index (χ3v) is 5.31. The molecule has 154 valence electrons. The average molecular weight is 425 g/mol. The van der Waals surface area contributed by atoms with Crippen LogP contribution in [0.1, 0.15) is 34.6 Å². The third-order valence-electron chi connectivity index (χ3n) is 4.94. The van der Waals surface area contributed by atoms with Crippen LogP contribution in [0, 0.1) is 0 Å². The number of hydrogen-bond donors (Lipinski definition) is 1. The summed E-state index contributed by atoms with van der Waals surface area (Å²) in [6.07, 6.45) is 4.48. The summed E-state index contributed by atoms with van der Waals surface area (Å²) in [5.41, 5.74) is 1.89. The molecule has 1 atom stereocenters. The number of halogens is 1. The Kier molecular flexibility index (Phi) is 6.04. The van der Waals surface area contributed by atoms with Gasteiger partial charge in [0.2, 0.25) is 5.91 Å². The van der Waals surface area contributed by atoms with E-state index in [1.165, 1.54) is 0 Å². The molecular weight excluding hydrogens is 404 g/mol. The molecule has 2 aromatic heterocycles. The Morgan fingerprint density at radius 3 is 2.80 bits per heavy atom. The molecule has 3 aromatic rings. The monoisotopic (exact) mass is 424 g/mol. The second kappa shape index (κ2) is 9.04. The summed E-state index contributed by atoms with van der Waals surface area (Å²) in [6.45, 7) is 1.13. The smallest absolute Gasteiger partial charge is 0.276 e. The van der Waals surface area contributed by atoms with E-state index in [4.69, 9.17) is 11.6 Å². The Morgan fingerprint density at radius 1 is 1.23 bits per heavy atom. The van der Waals surface area contributed by atoms with Crippen molar-refractivity contribution in [3.63, 3.8) is 0 Å². The van der Waals surface area contributed by atoms with Crippen molar-refractivity contribution < 1.29 is 9.59 Å². The van der Waals surface area contributed by atoms with E-state index < -0.39 is 0 Å². The van der Waals surface area contributed by atoms with Crippen molar-refractivity contribution in [3.8, 4) is 0 Å². The van der Waals surface area contributed by atoms with E-state index in [1.54, 1.807) is 22.0 Å². The standard InChI is InChI=1S/C21H21ClN6O2/c22-18-7-2-1-5-15(18)11-28-14-19(25-26-28)21(30)27(12-16-6-3-4-10-23-16)13-17-8-9-20(29)24-17/h1-7,10,14,17H,8-9,11-13H2,(H,24,29)/t17-/m0/s1. The summed E-state index contributed by atoms with van der Waals surface area (Å²) < 4.78 is 1.59. The minimum Gasteiger partial charge on any atom is -0.352 e. The molecule has 0 aliphatic carbocycles. The fraction of sp³-hybridized carbons (Fsp3) is 0.286. The first kappa shape index (κ1) is 20.0. The van der Waals surface area contributed by atoms with Gasteiger partial charge in [-0.1, -0.05) is 41.1 Å². The van der Waals surface area contributed by atoms with Crippen LogP contribution in [0.2, 0.25) is 5.02 Å². The van der Waals surface area contributed by atoms with Gasteiger partial charge < -0.3 is 10.2 Å². The third kappa shape index (κ3) is 4.83. The van der Waals surface area contributed by atoms with Crippen LogP contribution in [-0.2, 0) is 17.9 Å². The maximum atomic E-state index is 13.2. The Morgan fingerprint density at radius 2 is 2.07 bits per heavy atom. The molecule has 8 nitrogen and oxygen atoms in total. The molecule has 0 spiro atoms. The van der Waals surface area contributed by atoms with Crippen molar-refractivity contribution in [3.05, 3.63) is 76.8 Å². The van der Waals surface area contributed by atoms with Crippen LogP contribution >= 0.6 is 11.6 Å². The molecule has 3 heterocycles. The number of benzene rings is 1. The summed E-state index contributed by atoms with van der Waals surface area (Å²) in [4.78, 5) is 30.7. The van der Waals surface area contributed by atoms with Gasteiger partial charge in [-0.15, -0.1) is 5.10 Å². The maximum absolute atomic E-state index is 13.2. The zero-order valence-corrected chi connectivity index (χ0v) is 17.0. The highest BCUT2D eigenvalue weighted by atomic mass is 35.5. The topological polar surface area (TPSA) is 93.0 Å². The summed E-state index contributed by atoms with van der Waals surface area (Å²) >= 11 is 6.21. The highest BCUT2D eigenvalue weighted by Crippen LogP contribution is 2.17. The van der Waals surface area contributed by atoms with E-state index in [2.05, 4.69) is 20.6 Å². The van der Waals surface area contributed by atoms with E-state index in [9.17, 15) is 9.59 Å². The molecule has 1 saturated heterocycles. The minimum atomic E-state index is -0.257. The van der Waals surface area contributed by atoms with Crippen molar-refractivity contribution in [1.82, 2.24) is 30.2 Å². The predicted octanol–water partition coefficient (Wildman–Crippen LogP) is 2.30. The molecule has 1 aliphatic rings. The molecular formula is C21H21ClN6O2. The minimum absolute atomic E-state index is 0.0101. The Bertz CT molecular complexity index is 1040. The molecule has 1 N–H and O–H groups in total. The molecule has 30 heavy (non-hydrogen) atoms. The molecule has 4 rings (SSSR count). The molecule has 0 unspecified atom stereocenters. The Labute approximate surface area is 178 Å². The van der Waals surface area contributed by atoms with Gasteiger partial charge in [0.15, 0.2) is 5.69 Å². The molecule has 0 saturated carbocycles. The van der Waals surface area contributed by atoms with Crippen molar-refractivity contribution in [2.75, 3.05) is 6.54 Å². The normalized spacial score (nSPS) is 15.8. The first-order valence-corrected chi connectivity index (χ1v) is 10.1. The number of carbonyl (C=O) groups is 2. The maximum Gasteiger partial charge on any atom is 0.276 e. The summed E-state index contributed by atoms with van der Waals surface area (Å²) in [5, 5.41) is 11.7. The van der Waals surface area contributed by atoms with Gasteiger partial charge in [0, 0.05) is 30.2 Å². The molecule has 0 bridgehead atoms. The number of nitrogens with zero attached hydrogens (tertiary/aromatic N) is 5. The van der Waals surface area contributed by atoms with Gasteiger partial charge in [0.25, 0.3) is 5.91 Å². The number of nitrogens with one attached hydrogen (secondary N) is 1. The highest BCUT2D eigenvalue weighted by molar-refractivity contribution is 6.31. The van der Waals surface area contributed by atoms with Crippen LogP contribution in [0.3, 0.4) is 0 Å². The fourth-order valence-electron chi connectivity index (χ4n) is 3.42. The largest absolute Gasteiger partial charge is 0.352 e. The highest BCUT2D eigenvalue weighted by Gasteiger charge is 2.27. The SMILES string of the molecule is O=C1CC[C@@H](CN(Cc2ccccn2)C(=O)c2cn(Cc3ccccc3Cl)nn2)N1. The van der Waals surface area contributed by atoms with E-state index in [0.717, 1.165) is 11.3 Å². The van der Waals surface area contributed by atoms with Crippen LogP contribution in [-0.4, -0.2) is 49.3 Å². The quantitative estimate of drug-likeness (QED) is 0.628. The van der Waals surface area contributed by atoms with E-state index in [0.29, 0.717) is 37.5 Å². The van der Waals surface area contributed by atoms with Crippen molar-refractivity contribution in [1.29, 1.82) is 0 Å². The summed E-state index contributed by atoms with van der Waals surface area (Å²) in [5.74, 6) is -0.247.